The lowest BCUT2D eigenvalue weighted by Gasteiger charge is -2.37. The van der Waals surface area contributed by atoms with E-state index in [1.54, 1.807) is 0 Å². The van der Waals surface area contributed by atoms with Crippen LogP contribution >= 0.6 is 0 Å². The third-order valence-electron chi connectivity index (χ3n) is 8.71. The highest BCUT2D eigenvalue weighted by molar-refractivity contribution is 5.57. The maximum absolute atomic E-state index is 13.9. The molecule has 0 radical (unpaired) electrons. The Balaban J connectivity index is 1.05. The molecule has 7 rings (SSSR count). The van der Waals surface area contributed by atoms with E-state index in [0.29, 0.717) is 19.0 Å². The molecule has 4 aromatic rings. The molecule has 2 saturated heterocycles. The smallest absolute Gasteiger partial charge is 0.316 e. The molecule has 3 aromatic carbocycles. The highest BCUT2D eigenvalue weighted by atomic mass is 16.6. The summed E-state index contributed by atoms with van der Waals surface area (Å²) in [4.78, 5) is 21.1. The predicted octanol–water partition coefficient (Wildman–Crippen LogP) is 4.37. The van der Waals surface area contributed by atoms with Crippen molar-refractivity contribution in [2.45, 2.75) is 32.0 Å². The monoisotopic (exact) mass is 593 g/mol. The first kappa shape index (κ1) is 28.4. The summed E-state index contributed by atoms with van der Waals surface area (Å²) in [5.74, 6) is 2.05. The Labute approximate surface area is 258 Å². The van der Waals surface area contributed by atoms with E-state index in [2.05, 4.69) is 62.3 Å². The van der Waals surface area contributed by atoms with Gasteiger partial charge in [0.05, 0.1) is 11.9 Å². The van der Waals surface area contributed by atoms with Gasteiger partial charge in [0.25, 0.3) is 0 Å². The van der Waals surface area contributed by atoms with Crippen molar-refractivity contribution in [3.63, 3.8) is 0 Å². The molecule has 0 saturated carbocycles. The average molecular weight is 594 g/mol. The van der Waals surface area contributed by atoms with Crippen molar-refractivity contribution in [3.8, 4) is 22.9 Å². The highest BCUT2D eigenvalue weighted by Gasteiger charge is 2.28. The predicted molar refractivity (Wildman–Crippen MR) is 170 cm³/mol. The minimum Gasteiger partial charge on any atom is -0.486 e. The molecule has 0 atom stereocenters. The van der Waals surface area contributed by atoms with Crippen LogP contribution in [0.2, 0.25) is 0 Å². The third kappa shape index (κ3) is 6.44. The van der Waals surface area contributed by atoms with Gasteiger partial charge in [-0.1, -0.05) is 54.6 Å². The van der Waals surface area contributed by atoms with Crippen molar-refractivity contribution in [2.75, 3.05) is 57.4 Å². The van der Waals surface area contributed by atoms with Gasteiger partial charge in [-0.25, -0.2) is 0 Å². The number of hydrogen-bond acceptors (Lipinski definition) is 8. The number of para-hydroxylation sites is 1. The second-order valence-electron chi connectivity index (χ2n) is 11.7. The van der Waals surface area contributed by atoms with E-state index in [1.807, 2.05) is 42.6 Å². The standard InChI is InChI=1S/C35H39N5O4/c41-35-34(44-30-13-15-37(16-14-30)25-27-7-3-1-4-8-27)31(24-36-40(35)29-9-5-2-6-10-29)39-19-17-38(18-20-39)26-28-11-12-32-33(23-28)43-22-21-42-32/h1-12,23-24,30H,13-22,25-26H2. The molecule has 1 aromatic heterocycles. The fourth-order valence-electron chi connectivity index (χ4n) is 6.30. The van der Waals surface area contributed by atoms with Crippen molar-refractivity contribution in [2.24, 2.45) is 0 Å². The Morgan fingerprint density at radius 2 is 1.39 bits per heavy atom. The van der Waals surface area contributed by atoms with Gasteiger partial charge in [0.15, 0.2) is 11.5 Å². The lowest BCUT2D eigenvalue weighted by Crippen LogP contribution is -2.47. The van der Waals surface area contributed by atoms with Gasteiger partial charge in [0.2, 0.25) is 5.75 Å². The minimum atomic E-state index is -0.209. The molecule has 2 fully saturated rings. The van der Waals surface area contributed by atoms with E-state index in [9.17, 15) is 4.79 Å². The molecule has 3 aliphatic rings. The summed E-state index contributed by atoms with van der Waals surface area (Å²) in [5.41, 5.74) is 3.84. The van der Waals surface area contributed by atoms with Gasteiger partial charge in [0.1, 0.15) is 25.0 Å². The van der Waals surface area contributed by atoms with E-state index in [4.69, 9.17) is 14.2 Å². The Hall–Kier alpha value is -4.34. The van der Waals surface area contributed by atoms with Gasteiger partial charge >= 0.3 is 5.56 Å². The number of nitrogens with zero attached hydrogens (tertiary/aromatic N) is 5. The maximum atomic E-state index is 13.9. The molecule has 9 heteroatoms. The fraction of sp³-hybridized carbons (Fsp3) is 0.371. The fourth-order valence-corrected chi connectivity index (χ4v) is 6.30. The van der Waals surface area contributed by atoms with Gasteiger partial charge < -0.3 is 19.1 Å². The molecule has 0 unspecified atom stereocenters. The van der Waals surface area contributed by atoms with Crippen molar-refractivity contribution in [3.05, 3.63) is 107 Å². The van der Waals surface area contributed by atoms with E-state index in [0.717, 1.165) is 88.1 Å². The summed E-state index contributed by atoms with van der Waals surface area (Å²) >= 11 is 0. The van der Waals surface area contributed by atoms with Crippen LogP contribution in [0.5, 0.6) is 17.2 Å². The summed E-state index contributed by atoms with van der Waals surface area (Å²) in [7, 11) is 0. The normalized spacial score (nSPS) is 17.9. The summed E-state index contributed by atoms with van der Waals surface area (Å²) in [5, 5.41) is 4.60. The second kappa shape index (κ2) is 13.1. The molecule has 0 spiro atoms. The van der Waals surface area contributed by atoms with Crippen LogP contribution in [0.4, 0.5) is 5.69 Å². The number of rotatable bonds is 8. The van der Waals surface area contributed by atoms with Crippen LogP contribution in [-0.4, -0.2) is 78.2 Å². The number of piperazine rings is 1. The van der Waals surface area contributed by atoms with Crippen LogP contribution in [0.25, 0.3) is 5.69 Å². The van der Waals surface area contributed by atoms with Gasteiger partial charge in [-0.3, -0.25) is 14.6 Å². The zero-order chi connectivity index (χ0) is 29.7. The van der Waals surface area contributed by atoms with Crippen LogP contribution < -0.4 is 24.7 Å². The number of ether oxygens (including phenoxy) is 3. The number of fused-ring (bicyclic) bond motifs is 1. The highest BCUT2D eigenvalue weighted by Crippen LogP contribution is 2.32. The van der Waals surface area contributed by atoms with Crippen molar-refractivity contribution in [1.29, 1.82) is 0 Å². The van der Waals surface area contributed by atoms with Gasteiger partial charge in [-0.2, -0.15) is 9.78 Å². The van der Waals surface area contributed by atoms with Crippen LogP contribution in [0.15, 0.2) is 89.9 Å². The Morgan fingerprint density at radius 3 is 2.14 bits per heavy atom. The van der Waals surface area contributed by atoms with E-state index in [1.165, 1.54) is 15.8 Å². The SMILES string of the molecule is O=c1c(OC2CCN(Cc3ccccc3)CC2)c(N2CCN(Cc3ccc4c(c3)OCCO4)CC2)cnn1-c1ccccc1. The zero-order valence-electron chi connectivity index (χ0n) is 25.0. The largest absolute Gasteiger partial charge is 0.486 e. The van der Waals surface area contributed by atoms with Crippen LogP contribution in [-0.2, 0) is 13.1 Å². The molecule has 3 aliphatic heterocycles. The minimum absolute atomic E-state index is 0.0170. The Bertz CT molecular complexity index is 1600. The number of piperidine rings is 1. The molecular formula is C35H39N5O4. The molecular weight excluding hydrogens is 554 g/mol. The molecule has 228 valence electrons. The van der Waals surface area contributed by atoms with E-state index in [-0.39, 0.29) is 11.7 Å². The zero-order valence-corrected chi connectivity index (χ0v) is 25.0. The number of benzene rings is 3. The summed E-state index contributed by atoms with van der Waals surface area (Å²) in [6.45, 7) is 8.13. The van der Waals surface area contributed by atoms with Gasteiger partial charge in [-0.05, 0) is 48.2 Å². The molecule has 0 aliphatic carbocycles. The van der Waals surface area contributed by atoms with E-state index >= 15 is 0 Å². The molecule has 9 nitrogen and oxygen atoms in total. The van der Waals surface area contributed by atoms with Crippen molar-refractivity contribution < 1.29 is 14.2 Å². The first-order chi connectivity index (χ1) is 21.7. The number of hydrogen-bond donors (Lipinski definition) is 0. The Kier molecular flexibility index (Phi) is 8.47. The summed E-state index contributed by atoms with van der Waals surface area (Å²) in [6, 6.07) is 26.4. The number of aromatic nitrogens is 2. The molecule has 44 heavy (non-hydrogen) atoms. The lowest BCUT2D eigenvalue weighted by molar-refractivity contribution is 0.0953. The summed E-state index contributed by atoms with van der Waals surface area (Å²) < 4.78 is 19.5. The Morgan fingerprint density at radius 1 is 0.727 bits per heavy atom. The molecule has 0 amide bonds. The van der Waals surface area contributed by atoms with Gasteiger partial charge in [0, 0.05) is 52.4 Å². The average Bonchev–Trinajstić information content (AvgIpc) is 3.08. The van der Waals surface area contributed by atoms with Crippen molar-refractivity contribution in [1.82, 2.24) is 19.6 Å². The molecule has 0 bridgehead atoms. The van der Waals surface area contributed by atoms with Crippen LogP contribution in [0, 0.1) is 0 Å². The first-order valence-corrected chi connectivity index (χ1v) is 15.7. The van der Waals surface area contributed by atoms with Crippen LogP contribution in [0.3, 0.4) is 0 Å². The molecule has 4 heterocycles. The van der Waals surface area contributed by atoms with Crippen molar-refractivity contribution >= 4 is 5.69 Å². The van der Waals surface area contributed by atoms with Gasteiger partial charge in [-0.15, -0.1) is 0 Å². The van der Waals surface area contributed by atoms with E-state index < -0.39 is 0 Å². The number of anilines is 1. The second-order valence-corrected chi connectivity index (χ2v) is 11.7. The topological polar surface area (TPSA) is 72.3 Å². The number of likely N-dealkylation sites (tertiary alicyclic amines) is 1. The lowest BCUT2D eigenvalue weighted by atomic mass is 10.1. The van der Waals surface area contributed by atoms with Crippen LogP contribution in [0.1, 0.15) is 24.0 Å². The first-order valence-electron chi connectivity index (χ1n) is 15.7. The quantitative estimate of drug-likeness (QED) is 0.298. The maximum Gasteiger partial charge on any atom is 0.316 e. The third-order valence-corrected chi connectivity index (χ3v) is 8.71. The summed E-state index contributed by atoms with van der Waals surface area (Å²) in [6.07, 6.45) is 3.55. The molecule has 0 N–H and O–H groups in total.